The zero-order valence-electron chi connectivity index (χ0n) is 11.6. The van der Waals surface area contributed by atoms with E-state index in [0.29, 0.717) is 12.8 Å². The van der Waals surface area contributed by atoms with Crippen LogP contribution in [-0.4, -0.2) is 69.8 Å². The molecule has 1 unspecified atom stereocenters. The van der Waals surface area contributed by atoms with Crippen molar-refractivity contribution in [2.24, 2.45) is 5.92 Å². The van der Waals surface area contributed by atoms with Gasteiger partial charge in [0, 0.05) is 32.3 Å². The van der Waals surface area contributed by atoms with E-state index in [9.17, 15) is 0 Å². The van der Waals surface area contributed by atoms with Gasteiger partial charge in [0.15, 0.2) is 0 Å². The number of aliphatic hydroxyl groups excluding tert-OH is 6. The molecule has 0 fully saturated rings. The third-order valence-electron chi connectivity index (χ3n) is 2.69. The summed E-state index contributed by atoms with van der Waals surface area (Å²) in [7, 11) is 0. The minimum atomic E-state index is -0.600. The molecular formula is C13H30O6. The second kappa shape index (κ2) is 17.8. The molecule has 0 amide bonds. The van der Waals surface area contributed by atoms with Crippen LogP contribution in [0.15, 0.2) is 0 Å². The Bertz CT molecular complexity index is 152. The Balaban J connectivity index is 0. The number of hydrogen-bond acceptors (Lipinski definition) is 6. The smallest absolute Gasteiger partial charge is 0.0771 e. The Labute approximate surface area is 115 Å². The molecule has 0 saturated heterocycles. The third-order valence-corrected chi connectivity index (χ3v) is 2.69. The highest BCUT2D eigenvalue weighted by Gasteiger charge is 2.03. The Hall–Kier alpha value is -0.240. The maximum Gasteiger partial charge on any atom is 0.0771 e. The lowest BCUT2D eigenvalue weighted by atomic mass is 10.0. The summed E-state index contributed by atoms with van der Waals surface area (Å²) in [4.78, 5) is 0. The van der Waals surface area contributed by atoms with Crippen molar-refractivity contribution in [3.05, 3.63) is 0 Å². The normalized spacial score (nSPS) is 12.2. The topological polar surface area (TPSA) is 121 Å². The molecule has 0 aromatic heterocycles. The molecule has 0 heterocycles. The minimum Gasteiger partial charge on any atom is -0.396 e. The standard InChI is InChI=1S/C7H16O3.C6H14O3/c8-4-2-1-3-7(5-9)6-10;7-4-2-1-3-6(9)5-8/h7-10H,1-6H2;6-9H,1-5H2. The summed E-state index contributed by atoms with van der Waals surface area (Å²) in [6.07, 6.45) is 3.90. The molecule has 1 atom stereocenters. The zero-order chi connectivity index (χ0) is 14.9. The molecule has 6 N–H and O–H groups in total. The van der Waals surface area contributed by atoms with Gasteiger partial charge in [-0.25, -0.2) is 0 Å². The van der Waals surface area contributed by atoms with Gasteiger partial charge in [-0.05, 0) is 32.1 Å². The van der Waals surface area contributed by atoms with Gasteiger partial charge in [0.25, 0.3) is 0 Å². The number of rotatable bonds is 11. The fourth-order valence-electron chi connectivity index (χ4n) is 1.37. The molecule has 19 heavy (non-hydrogen) atoms. The third kappa shape index (κ3) is 17.8. The maximum absolute atomic E-state index is 8.75. The highest BCUT2D eigenvalue weighted by Crippen LogP contribution is 2.05. The lowest BCUT2D eigenvalue weighted by Crippen LogP contribution is -2.11. The predicted octanol–water partition coefficient (Wildman–Crippen LogP) is -0.748. The van der Waals surface area contributed by atoms with E-state index in [2.05, 4.69) is 0 Å². The molecule has 0 aromatic carbocycles. The van der Waals surface area contributed by atoms with Crippen LogP contribution >= 0.6 is 0 Å². The summed E-state index contributed by atoms with van der Waals surface area (Å²) in [5.41, 5.74) is 0. The summed E-state index contributed by atoms with van der Waals surface area (Å²) in [5.74, 6) is 0.00606. The Morgan fingerprint density at radius 2 is 1.05 bits per heavy atom. The molecule has 6 heteroatoms. The van der Waals surface area contributed by atoms with Crippen molar-refractivity contribution in [1.29, 1.82) is 0 Å². The SMILES string of the molecule is OCCCCC(CO)CO.OCCCCC(O)CO. The van der Waals surface area contributed by atoms with Gasteiger partial charge < -0.3 is 30.6 Å². The van der Waals surface area contributed by atoms with E-state index < -0.39 is 6.10 Å². The fraction of sp³-hybridized carbons (Fsp3) is 1.00. The van der Waals surface area contributed by atoms with Crippen LogP contribution in [0, 0.1) is 5.92 Å². The summed E-state index contributed by atoms with van der Waals surface area (Å²) in [6, 6.07) is 0. The van der Waals surface area contributed by atoms with Crippen molar-refractivity contribution in [3.63, 3.8) is 0 Å². The molecule has 118 valence electrons. The highest BCUT2D eigenvalue weighted by molar-refractivity contribution is 4.54. The molecule has 0 aliphatic rings. The van der Waals surface area contributed by atoms with E-state index in [0.717, 1.165) is 25.7 Å². The molecule has 6 nitrogen and oxygen atoms in total. The molecule has 0 saturated carbocycles. The lowest BCUT2D eigenvalue weighted by molar-refractivity contribution is 0.0848. The van der Waals surface area contributed by atoms with E-state index in [-0.39, 0.29) is 39.0 Å². The summed E-state index contributed by atoms with van der Waals surface area (Å²) >= 11 is 0. The van der Waals surface area contributed by atoms with Crippen molar-refractivity contribution >= 4 is 0 Å². The first-order valence-electron chi connectivity index (χ1n) is 6.88. The van der Waals surface area contributed by atoms with Crippen molar-refractivity contribution < 1.29 is 30.6 Å². The van der Waals surface area contributed by atoms with Gasteiger partial charge in [0.2, 0.25) is 0 Å². The Morgan fingerprint density at radius 3 is 1.42 bits per heavy atom. The fourth-order valence-corrected chi connectivity index (χ4v) is 1.37. The van der Waals surface area contributed by atoms with Gasteiger partial charge in [-0.15, -0.1) is 0 Å². The molecule has 0 spiro atoms. The molecule has 0 radical (unpaired) electrons. The summed E-state index contributed by atoms with van der Waals surface area (Å²) in [5, 5.41) is 51.0. The first-order chi connectivity index (χ1) is 9.15. The van der Waals surface area contributed by atoms with Gasteiger partial charge in [-0.1, -0.05) is 6.42 Å². The number of unbranched alkanes of at least 4 members (excludes halogenated alkanes) is 2. The van der Waals surface area contributed by atoms with Crippen LogP contribution in [-0.2, 0) is 0 Å². The molecular weight excluding hydrogens is 252 g/mol. The van der Waals surface area contributed by atoms with Crippen molar-refractivity contribution in [1.82, 2.24) is 0 Å². The quantitative estimate of drug-likeness (QED) is 0.277. The van der Waals surface area contributed by atoms with E-state index in [1.165, 1.54) is 0 Å². The minimum absolute atomic E-state index is 0.00606. The first-order valence-corrected chi connectivity index (χ1v) is 6.88. The van der Waals surface area contributed by atoms with Gasteiger partial charge in [-0.3, -0.25) is 0 Å². The van der Waals surface area contributed by atoms with Crippen molar-refractivity contribution in [3.8, 4) is 0 Å². The zero-order valence-corrected chi connectivity index (χ0v) is 11.6. The largest absolute Gasteiger partial charge is 0.396 e. The van der Waals surface area contributed by atoms with E-state index >= 15 is 0 Å². The molecule has 0 bridgehead atoms. The summed E-state index contributed by atoms with van der Waals surface area (Å²) in [6.45, 7) is 0.275. The van der Waals surface area contributed by atoms with Gasteiger partial charge >= 0.3 is 0 Å². The van der Waals surface area contributed by atoms with Crippen LogP contribution in [0.3, 0.4) is 0 Å². The number of hydrogen-bond donors (Lipinski definition) is 6. The number of aliphatic hydroxyl groups is 6. The Morgan fingerprint density at radius 1 is 0.579 bits per heavy atom. The van der Waals surface area contributed by atoms with E-state index in [4.69, 9.17) is 30.6 Å². The van der Waals surface area contributed by atoms with Crippen molar-refractivity contribution in [2.75, 3.05) is 33.0 Å². The maximum atomic E-state index is 8.75. The predicted molar refractivity (Wildman–Crippen MR) is 72.6 cm³/mol. The second-order valence-electron chi connectivity index (χ2n) is 4.51. The van der Waals surface area contributed by atoms with E-state index in [1.807, 2.05) is 0 Å². The molecule has 0 rings (SSSR count). The van der Waals surface area contributed by atoms with Crippen molar-refractivity contribution in [2.45, 2.75) is 44.6 Å². The van der Waals surface area contributed by atoms with Gasteiger partial charge in [0.05, 0.1) is 12.7 Å². The molecule has 0 aromatic rings. The van der Waals surface area contributed by atoms with Crippen LogP contribution in [0.2, 0.25) is 0 Å². The van der Waals surface area contributed by atoms with Crippen LogP contribution in [0.5, 0.6) is 0 Å². The lowest BCUT2D eigenvalue weighted by Gasteiger charge is -2.08. The first kappa shape index (κ1) is 21.1. The van der Waals surface area contributed by atoms with E-state index in [1.54, 1.807) is 0 Å². The Kier molecular flexibility index (Phi) is 19.7. The van der Waals surface area contributed by atoms with Crippen LogP contribution in [0.25, 0.3) is 0 Å². The average Bonchev–Trinajstić information content (AvgIpc) is 2.44. The monoisotopic (exact) mass is 282 g/mol. The summed E-state index contributed by atoms with van der Waals surface area (Å²) < 4.78 is 0. The average molecular weight is 282 g/mol. The second-order valence-corrected chi connectivity index (χ2v) is 4.51. The van der Waals surface area contributed by atoms with Crippen LogP contribution in [0.4, 0.5) is 0 Å². The van der Waals surface area contributed by atoms with Gasteiger partial charge in [-0.2, -0.15) is 0 Å². The highest BCUT2D eigenvalue weighted by atomic mass is 16.3. The molecule has 0 aliphatic carbocycles. The van der Waals surface area contributed by atoms with Crippen LogP contribution in [0.1, 0.15) is 38.5 Å². The molecule has 0 aliphatic heterocycles. The van der Waals surface area contributed by atoms with Crippen LogP contribution < -0.4 is 0 Å². The van der Waals surface area contributed by atoms with Gasteiger partial charge in [0.1, 0.15) is 0 Å².